The van der Waals surface area contributed by atoms with Gasteiger partial charge in [0.2, 0.25) is 5.91 Å². The topological polar surface area (TPSA) is 145 Å². The number of nitrogens with one attached hydrogen (secondary N) is 3. The molecule has 2 amide bonds. The zero-order chi connectivity index (χ0) is 22.7. The van der Waals surface area contributed by atoms with E-state index in [1.54, 1.807) is 30.2 Å². The quantitative estimate of drug-likeness (QED) is 0.447. The van der Waals surface area contributed by atoms with E-state index in [1.165, 1.54) is 20.3 Å². The van der Waals surface area contributed by atoms with Crippen LogP contribution in [0.25, 0.3) is 11.4 Å². The van der Waals surface area contributed by atoms with E-state index in [0.717, 1.165) is 12.8 Å². The molecule has 4 rings (SSSR count). The fourth-order valence-electron chi connectivity index (χ4n) is 3.07. The first-order valence-corrected chi connectivity index (χ1v) is 9.82. The van der Waals surface area contributed by atoms with Crippen molar-refractivity contribution in [2.75, 3.05) is 24.9 Å². The molecule has 0 aliphatic heterocycles. The summed E-state index contributed by atoms with van der Waals surface area (Å²) in [4.78, 5) is 33.6. The van der Waals surface area contributed by atoms with Crippen molar-refractivity contribution in [3.63, 3.8) is 0 Å². The number of hydrogen-bond donors (Lipinski definition) is 3. The highest BCUT2D eigenvalue weighted by molar-refractivity contribution is 5.99. The van der Waals surface area contributed by atoms with Crippen LogP contribution in [0.5, 0.6) is 5.75 Å². The van der Waals surface area contributed by atoms with Crippen molar-refractivity contribution in [3.05, 3.63) is 36.3 Å². The molecule has 3 aromatic rings. The van der Waals surface area contributed by atoms with Crippen molar-refractivity contribution >= 4 is 29.0 Å². The maximum absolute atomic E-state index is 12.4. The number of aryl methyl sites for hydroxylation is 1. The van der Waals surface area contributed by atoms with Gasteiger partial charge < -0.3 is 15.4 Å². The van der Waals surface area contributed by atoms with Gasteiger partial charge in [0, 0.05) is 19.0 Å². The van der Waals surface area contributed by atoms with E-state index >= 15 is 0 Å². The molecule has 1 aliphatic rings. The molecule has 1 saturated carbocycles. The monoisotopic (exact) mass is 438 g/mol. The van der Waals surface area contributed by atoms with Gasteiger partial charge in [-0.25, -0.2) is 10.5 Å². The normalized spacial score (nSPS) is 12.8. The van der Waals surface area contributed by atoms with E-state index in [0.29, 0.717) is 28.5 Å². The van der Waals surface area contributed by atoms with Crippen LogP contribution in [0.4, 0.5) is 17.2 Å². The fourth-order valence-corrected chi connectivity index (χ4v) is 3.07. The van der Waals surface area contributed by atoms with E-state index in [2.05, 4.69) is 36.4 Å². The number of aromatic nitrogens is 5. The molecule has 12 heteroatoms. The van der Waals surface area contributed by atoms with Crippen LogP contribution >= 0.6 is 0 Å². The highest BCUT2D eigenvalue weighted by atomic mass is 16.6. The average Bonchev–Trinajstić information content (AvgIpc) is 3.55. The number of hydrogen-bond acceptors (Lipinski definition) is 9. The van der Waals surface area contributed by atoms with E-state index in [4.69, 9.17) is 9.57 Å². The molecule has 0 saturated heterocycles. The molecule has 32 heavy (non-hydrogen) atoms. The molecule has 1 aromatic carbocycles. The third kappa shape index (κ3) is 4.49. The number of para-hydroxylation sites is 1. The second-order valence-electron chi connectivity index (χ2n) is 7.14. The van der Waals surface area contributed by atoms with Crippen molar-refractivity contribution in [2.45, 2.75) is 12.8 Å². The number of amides is 2. The third-order valence-electron chi connectivity index (χ3n) is 4.73. The number of carbonyl (C=O) groups is 2. The molecule has 1 fully saturated rings. The highest BCUT2D eigenvalue weighted by Crippen LogP contribution is 2.37. The van der Waals surface area contributed by atoms with E-state index in [-0.39, 0.29) is 23.3 Å². The standard InChI is InChI=1S/C20H22N8O4/c1-28-10-21-18(26-28)12-5-4-6-13(17(12)31-2)22-14-9-15(23-19(29)11-7-8-11)24-25-16(14)20(30)27-32-3/h4-6,9-11H,7-8H2,1-3H3,(H,27,30)(H2,22,23,24,29). The number of methoxy groups -OCH3 is 1. The lowest BCUT2D eigenvalue weighted by molar-refractivity contribution is -0.117. The number of carbonyl (C=O) groups excluding carboxylic acids is 2. The summed E-state index contributed by atoms with van der Waals surface area (Å²) in [6.07, 6.45) is 3.29. The summed E-state index contributed by atoms with van der Waals surface area (Å²) in [5.74, 6) is 0.434. The summed E-state index contributed by atoms with van der Waals surface area (Å²) in [6, 6.07) is 6.93. The van der Waals surface area contributed by atoms with E-state index < -0.39 is 5.91 Å². The molecule has 0 unspecified atom stereocenters. The van der Waals surface area contributed by atoms with Crippen molar-refractivity contribution in [2.24, 2.45) is 13.0 Å². The lowest BCUT2D eigenvalue weighted by atomic mass is 10.1. The number of benzene rings is 1. The average molecular weight is 438 g/mol. The number of hydroxylamine groups is 1. The van der Waals surface area contributed by atoms with Gasteiger partial charge >= 0.3 is 0 Å². The maximum Gasteiger partial charge on any atom is 0.297 e. The summed E-state index contributed by atoms with van der Waals surface area (Å²) < 4.78 is 7.20. The Morgan fingerprint density at radius 1 is 1.16 bits per heavy atom. The van der Waals surface area contributed by atoms with Crippen molar-refractivity contribution < 1.29 is 19.2 Å². The first-order valence-electron chi connectivity index (χ1n) is 9.82. The summed E-state index contributed by atoms with van der Waals surface area (Å²) >= 11 is 0. The largest absolute Gasteiger partial charge is 0.494 e. The van der Waals surface area contributed by atoms with Crippen LogP contribution in [0.3, 0.4) is 0 Å². The van der Waals surface area contributed by atoms with Gasteiger partial charge in [-0.3, -0.25) is 19.1 Å². The Morgan fingerprint density at radius 2 is 1.97 bits per heavy atom. The lowest BCUT2D eigenvalue weighted by Crippen LogP contribution is -2.25. The van der Waals surface area contributed by atoms with Gasteiger partial charge in [-0.1, -0.05) is 6.07 Å². The van der Waals surface area contributed by atoms with Gasteiger partial charge in [0.15, 0.2) is 23.1 Å². The Hall–Kier alpha value is -4.06. The Bertz CT molecular complexity index is 1160. The Labute approximate surface area is 183 Å². The smallest absolute Gasteiger partial charge is 0.297 e. The van der Waals surface area contributed by atoms with Crippen LogP contribution in [0.1, 0.15) is 23.3 Å². The Balaban J connectivity index is 1.71. The summed E-state index contributed by atoms with van der Waals surface area (Å²) in [5.41, 5.74) is 3.69. The number of anilines is 3. The van der Waals surface area contributed by atoms with Crippen molar-refractivity contribution in [1.82, 2.24) is 30.4 Å². The molecule has 2 heterocycles. The van der Waals surface area contributed by atoms with Gasteiger partial charge in [0.1, 0.15) is 6.33 Å². The molecule has 166 valence electrons. The van der Waals surface area contributed by atoms with Crippen LogP contribution < -0.4 is 20.9 Å². The maximum atomic E-state index is 12.4. The van der Waals surface area contributed by atoms with E-state index in [1.807, 2.05) is 6.07 Å². The molecule has 0 radical (unpaired) electrons. The van der Waals surface area contributed by atoms with Gasteiger partial charge in [-0.05, 0) is 25.0 Å². The molecule has 1 aliphatic carbocycles. The van der Waals surface area contributed by atoms with E-state index in [9.17, 15) is 9.59 Å². The Morgan fingerprint density at radius 3 is 2.62 bits per heavy atom. The van der Waals surface area contributed by atoms with Gasteiger partial charge in [0.05, 0.1) is 31.2 Å². The van der Waals surface area contributed by atoms with Gasteiger partial charge in [-0.15, -0.1) is 10.2 Å². The predicted octanol–water partition coefficient (Wildman–Crippen LogP) is 1.66. The number of rotatable bonds is 8. The molecular weight excluding hydrogens is 416 g/mol. The van der Waals surface area contributed by atoms with Gasteiger partial charge in [0.25, 0.3) is 5.91 Å². The molecular formula is C20H22N8O4. The number of nitrogens with zero attached hydrogens (tertiary/aromatic N) is 5. The molecule has 0 atom stereocenters. The minimum Gasteiger partial charge on any atom is -0.494 e. The van der Waals surface area contributed by atoms with Crippen LogP contribution in [-0.2, 0) is 16.7 Å². The van der Waals surface area contributed by atoms with Crippen molar-refractivity contribution in [3.8, 4) is 17.1 Å². The summed E-state index contributed by atoms with van der Waals surface area (Å²) in [6.45, 7) is 0. The zero-order valence-corrected chi connectivity index (χ0v) is 17.7. The first-order chi connectivity index (χ1) is 15.5. The molecule has 3 N–H and O–H groups in total. The predicted molar refractivity (Wildman–Crippen MR) is 114 cm³/mol. The minimum atomic E-state index is -0.607. The molecule has 12 nitrogen and oxygen atoms in total. The van der Waals surface area contributed by atoms with Gasteiger partial charge in [-0.2, -0.15) is 5.10 Å². The lowest BCUT2D eigenvalue weighted by Gasteiger charge is -2.16. The van der Waals surface area contributed by atoms with Crippen LogP contribution in [-0.4, -0.2) is 51.0 Å². The third-order valence-corrected chi connectivity index (χ3v) is 4.73. The van der Waals surface area contributed by atoms with Crippen molar-refractivity contribution in [1.29, 1.82) is 0 Å². The summed E-state index contributed by atoms with van der Waals surface area (Å²) in [7, 11) is 4.61. The molecule has 0 spiro atoms. The molecule has 0 bridgehead atoms. The zero-order valence-electron chi connectivity index (χ0n) is 17.7. The Kier molecular flexibility index (Phi) is 5.94. The second kappa shape index (κ2) is 8.98. The highest BCUT2D eigenvalue weighted by Gasteiger charge is 2.30. The van der Waals surface area contributed by atoms with Crippen LogP contribution in [0.15, 0.2) is 30.6 Å². The molecule has 2 aromatic heterocycles. The SMILES string of the molecule is CONC(=O)c1nnc(NC(=O)C2CC2)cc1Nc1cccc(-c2ncn(C)n2)c1OC. The van der Waals surface area contributed by atoms with Crippen LogP contribution in [0.2, 0.25) is 0 Å². The second-order valence-corrected chi connectivity index (χ2v) is 7.14. The minimum absolute atomic E-state index is 0.00711. The van der Waals surface area contributed by atoms with Crippen LogP contribution in [0, 0.1) is 5.92 Å². The number of ether oxygens (including phenoxy) is 1. The fraction of sp³-hybridized carbons (Fsp3) is 0.300. The first kappa shape index (κ1) is 21.2. The summed E-state index contributed by atoms with van der Waals surface area (Å²) in [5, 5.41) is 18.1.